The van der Waals surface area contributed by atoms with Crippen LogP contribution in [0.5, 0.6) is 0 Å². The van der Waals surface area contributed by atoms with E-state index in [0.717, 1.165) is 18.2 Å². The highest BCUT2D eigenvalue weighted by Crippen LogP contribution is 2.23. The normalized spacial score (nSPS) is 10.4. The van der Waals surface area contributed by atoms with E-state index in [1.54, 1.807) is 0 Å². The topological polar surface area (TPSA) is 74.6 Å². The number of hydrogen-bond donors (Lipinski definition) is 2. The molecule has 0 atom stereocenters. The Hall–Kier alpha value is -2.43. The summed E-state index contributed by atoms with van der Waals surface area (Å²) in [6.07, 6.45) is 0. The van der Waals surface area contributed by atoms with Crippen molar-refractivity contribution in [2.24, 2.45) is 0 Å². The van der Waals surface area contributed by atoms with Crippen molar-refractivity contribution < 1.29 is 24.2 Å². The van der Waals surface area contributed by atoms with Crippen LogP contribution in [-0.2, 0) is 0 Å². The number of halogens is 1. The molecule has 0 saturated carbocycles. The first-order valence-corrected chi connectivity index (χ1v) is 4.69. The van der Waals surface area contributed by atoms with Crippen LogP contribution >= 0.6 is 0 Å². The zero-order valence-electron chi connectivity index (χ0n) is 8.48. The number of hydrogen-bond acceptors (Lipinski definition) is 2. The van der Waals surface area contributed by atoms with Gasteiger partial charge in [0.1, 0.15) is 5.82 Å². The Kier molecular flexibility index (Phi) is 2.51. The van der Waals surface area contributed by atoms with Crippen LogP contribution in [0.3, 0.4) is 0 Å². The van der Waals surface area contributed by atoms with Gasteiger partial charge in [-0.1, -0.05) is 12.1 Å². The highest BCUT2D eigenvalue weighted by molar-refractivity contribution is 6.11. The SMILES string of the molecule is O=C(O)c1ccc2cc(F)ccc2c1C(=O)O. The minimum atomic E-state index is -1.35. The molecular formula is C12H7FO4. The monoisotopic (exact) mass is 234 g/mol. The zero-order chi connectivity index (χ0) is 12.6. The molecule has 2 rings (SSSR count). The van der Waals surface area contributed by atoms with Crippen LogP contribution in [0.1, 0.15) is 20.7 Å². The number of benzene rings is 2. The van der Waals surface area contributed by atoms with E-state index in [2.05, 4.69) is 0 Å². The van der Waals surface area contributed by atoms with Crippen LogP contribution in [0, 0.1) is 5.82 Å². The van der Waals surface area contributed by atoms with Gasteiger partial charge in [-0.05, 0) is 29.0 Å². The van der Waals surface area contributed by atoms with Gasteiger partial charge in [0.05, 0.1) is 11.1 Å². The van der Waals surface area contributed by atoms with Crippen LogP contribution in [0.25, 0.3) is 10.8 Å². The third-order valence-corrected chi connectivity index (χ3v) is 2.43. The molecule has 86 valence electrons. The van der Waals surface area contributed by atoms with Crippen LogP contribution in [0.2, 0.25) is 0 Å². The van der Waals surface area contributed by atoms with Gasteiger partial charge < -0.3 is 10.2 Å². The van der Waals surface area contributed by atoms with Gasteiger partial charge in [-0.2, -0.15) is 0 Å². The number of rotatable bonds is 2. The fraction of sp³-hybridized carbons (Fsp3) is 0. The molecule has 0 aliphatic carbocycles. The average Bonchev–Trinajstić information content (AvgIpc) is 2.26. The average molecular weight is 234 g/mol. The van der Waals surface area contributed by atoms with Crippen molar-refractivity contribution in [2.45, 2.75) is 0 Å². The van der Waals surface area contributed by atoms with Crippen LogP contribution in [0.15, 0.2) is 30.3 Å². The van der Waals surface area contributed by atoms with Crippen molar-refractivity contribution in [3.05, 3.63) is 47.3 Å². The highest BCUT2D eigenvalue weighted by atomic mass is 19.1. The molecule has 0 saturated heterocycles. The van der Waals surface area contributed by atoms with Gasteiger partial charge in [0.25, 0.3) is 0 Å². The van der Waals surface area contributed by atoms with Crippen molar-refractivity contribution in [3.8, 4) is 0 Å². The summed E-state index contributed by atoms with van der Waals surface area (Å²) in [7, 11) is 0. The molecule has 0 aliphatic rings. The van der Waals surface area contributed by atoms with E-state index >= 15 is 0 Å². The summed E-state index contributed by atoms with van der Waals surface area (Å²) in [5.41, 5.74) is -0.633. The first-order valence-electron chi connectivity index (χ1n) is 4.69. The van der Waals surface area contributed by atoms with Gasteiger partial charge in [0, 0.05) is 0 Å². The third-order valence-electron chi connectivity index (χ3n) is 2.43. The molecule has 0 radical (unpaired) electrons. The number of carboxylic acids is 2. The lowest BCUT2D eigenvalue weighted by Crippen LogP contribution is -2.08. The van der Waals surface area contributed by atoms with Gasteiger partial charge in [-0.3, -0.25) is 0 Å². The maximum Gasteiger partial charge on any atom is 0.337 e. The molecule has 4 nitrogen and oxygen atoms in total. The van der Waals surface area contributed by atoms with Crippen molar-refractivity contribution >= 4 is 22.7 Å². The fourth-order valence-corrected chi connectivity index (χ4v) is 1.71. The van der Waals surface area contributed by atoms with Gasteiger partial charge in [-0.25, -0.2) is 14.0 Å². The molecular weight excluding hydrogens is 227 g/mol. The molecule has 0 heterocycles. The molecule has 0 unspecified atom stereocenters. The summed E-state index contributed by atoms with van der Waals surface area (Å²) < 4.78 is 13.0. The van der Waals surface area contributed by atoms with Gasteiger partial charge >= 0.3 is 11.9 Å². The van der Waals surface area contributed by atoms with E-state index < -0.39 is 17.8 Å². The van der Waals surface area contributed by atoms with Gasteiger partial charge in [-0.15, -0.1) is 0 Å². The Balaban J connectivity index is 2.89. The zero-order valence-corrected chi connectivity index (χ0v) is 8.48. The standard InChI is InChI=1S/C12H7FO4/c13-7-2-4-8-6(5-7)1-3-9(11(14)15)10(8)12(16)17/h1-5H,(H,14,15)(H,16,17). The molecule has 2 aromatic rings. The second kappa shape index (κ2) is 3.86. The number of carbonyl (C=O) groups is 2. The summed E-state index contributed by atoms with van der Waals surface area (Å²) in [5.74, 6) is -3.18. The summed E-state index contributed by atoms with van der Waals surface area (Å²) in [5, 5.41) is 18.5. The molecule has 2 N–H and O–H groups in total. The predicted molar refractivity (Wildman–Crippen MR) is 57.8 cm³/mol. The lowest BCUT2D eigenvalue weighted by molar-refractivity contribution is 0.0653. The van der Waals surface area contributed by atoms with Crippen molar-refractivity contribution in [1.29, 1.82) is 0 Å². The minimum absolute atomic E-state index is 0.207. The first kappa shape index (κ1) is 11.1. The van der Waals surface area contributed by atoms with Crippen molar-refractivity contribution in [2.75, 3.05) is 0 Å². The summed E-state index contributed by atoms with van der Waals surface area (Å²) in [6, 6.07) is 6.07. The number of aromatic carboxylic acids is 2. The molecule has 0 amide bonds. The van der Waals surface area contributed by atoms with Gasteiger partial charge in [0.2, 0.25) is 0 Å². The Morgan fingerprint density at radius 2 is 1.71 bits per heavy atom. The number of carboxylic acid groups (broad SMARTS) is 2. The van der Waals surface area contributed by atoms with E-state index in [4.69, 9.17) is 10.2 Å². The second-order valence-electron chi connectivity index (χ2n) is 3.46. The number of fused-ring (bicyclic) bond motifs is 1. The minimum Gasteiger partial charge on any atom is -0.478 e. The molecule has 0 aromatic heterocycles. The maximum absolute atomic E-state index is 13.0. The largest absolute Gasteiger partial charge is 0.478 e. The lowest BCUT2D eigenvalue weighted by Gasteiger charge is -2.06. The van der Waals surface area contributed by atoms with E-state index in [1.165, 1.54) is 12.1 Å². The molecule has 2 aromatic carbocycles. The molecule has 0 spiro atoms. The first-order chi connectivity index (χ1) is 8.00. The molecule has 5 heteroatoms. The van der Waals surface area contributed by atoms with Gasteiger partial charge in [0.15, 0.2) is 0 Å². The van der Waals surface area contributed by atoms with E-state index in [0.29, 0.717) is 5.39 Å². The lowest BCUT2D eigenvalue weighted by atomic mass is 9.99. The Bertz CT molecular complexity index is 634. The smallest absolute Gasteiger partial charge is 0.337 e. The van der Waals surface area contributed by atoms with Crippen molar-refractivity contribution in [1.82, 2.24) is 0 Å². The molecule has 0 aliphatic heterocycles. The second-order valence-corrected chi connectivity index (χ2v) is 3.46. The van der Waals surface area contributed by atoms with Crippen LogP contribution < -0.4 is 0 Å². The summed E-state index contributed by atoms with van der Waals surface area (Å²) >= 11 is 0. The summed E-state index contributed by atoms with van der Waals surface area (Å²) in [4.78, 5) is 22.0. The van der Waals surface area contributed by atoms with E-state index in [-0.39, 0.29) is 16.5 Å². The molecule has 17 heavy (non-hydrogen) atoms. The van der Waals surface area contributed by atoms with E-state index in [9.17, 15) is 14.0 Å². The Morgan fingerprint density at radius 3 is 2.29 bits per heavy atom. The third kappa shape index (κ3) is 1.82. The fourth-order valence-electron chi connectivity index (χ4n) is 1.71. The Labute approximate surface area is 94.9 Å². The molecule has 0 fully saturated rings. The van der Waals surface area contributed by atoms with Crippen LogP contribution in [-0.4, -0.2) is 22.2 Å². The predicted octanol–water partition coefficient (Wildman–Crippen LogP) is 2.38. The van der Waals surface area contributed by atoms with Crippen LogP contribution in [0.4, 0.5) is 4.39 Å². The van der Waals surface area contributed by atoms with Crippen molar-refractivity contribution in [3.63, 3.8) is 0 Å². The Morgan fingerprint density at radius 1 is 1.00 bits per heavy atom. The summed E-state index contributed by atoms with van der Waals surface area (Å²) in [6.45, 7) is 0. The highest BCUT2D eigenvalue weighted by Gasteiger charge is 2.19. The molecule has 0 bridgehead atoms. The quantitative estimate of drug-likeness (QED) is 0.836. The maximum atomic E-state index is 13.0. The van der Waals surface area contributed by atoms with E-state index in [1.807, 2.05) is 0 Å².